The third-order valence-corrected chi connectivity index (χ3v) is 5.23. The first-order valence-electron chi connectivity index (χ1n) is 9.09. The molecular weight excluding hydrogens is 330 g/mol. The second-order valence-corrected chi connectivity index (χ2v) is 7.26. The summed E-state index contributed by atoms with van der Waals surface area (Å²) in [6.45, 7) is 4.27. The van der Waals surface area contributed by atoms with Crippen LogP contribution in [-0.4, -0.2) is 27.2 Å². The van der Waals surface area contributed by atoms with Crippen molar-refractivity contribution >= 4 is 11.9 Å². The zero-order valence-electron chi connectivity index (χ0n) is 15.1. The SMILES string of the molecule is CC(C)c1ccc(C(NC(=O)C2CCCC2C(=O)O)c2ccn[nH]2)cc1. The number of H-pyrrole nitrogens is 1. The molecule has 138 valence electrons. The molecule has 3 rings (SSSR count). The van der Waals surface area contributed by atoms with Gasteiger partial charge >= 0.3 is 5.97 Å². The van der Waals surface area contributed by atoms with Gasteiger partial charge in [-0.3, -0.25) is 14.7 Å². The van der Waals surface area contributed by atoms with Gasteiger partial charge in [0.05, 0.1) is 23.6 Å². The van der Waals surface area contributed by atoms with Gasteiger partial charge < -0.3 is 10.4 Å². The highest BCUT2D eigenvalue weighted by Gasteiger charge is 2.38. The maximum absolute atomic E-state index is 12.8. The number of hydrogen-bond donors (Lipinski definition) is 3. The predicted molar refractivity (Wildman–Crippen MR) is 97.6 cm³/mol. The molecule has 3 atom stereocenters. The second kappa shape index (κ2) is 7.72. The Labute approximate surface area is 153 Å². The Balaban J connectivity index is 1.83. The molecule has 1 amide bonds. The number of benzene rings is 1. The smallest absolute Gasteiger partial charge is 0.307 e. The molecule has 6 heteroatoms. The van der Waals surface area contributed by atoms with Crippen LogP contribution in [0.1, 0.15) is 61.9 Å². The van der Waals surface area contributed by atoms with Crippen molar-refractivity contribution in [2.24, 2.45) is 11.8 Å². The summed E-state index contributed by atoms with van der Waals surface area (Å²) < 4.78 is 0. The zero-order chi connectivity index (χ0) is 18.7. The van der Waals surface area contributed by atoms with Crippen molar-refractivity contribution in [2.75, 3.05) is 0 Å². The minimum Gasteiger partial charge on any atom is -0.481 e. The molecule has 0 bridgehead atoms. The Morgan fingerprint density at radius 1 is 1.12 bits per heavy atom. The largest absolute Gasteiger partial charge is 0.481 e. The molecule has 1 aliphatic rings. The number of aromatic amines is 1. The number of aliphatic carboxylic acids is 1. The van der Waals surface area contributed by atoms with Crippen molar-refractivity contribution in [3.8, 4) is 0 Å². The van der Waals surface area contributed by atoms with E-state index >= 15 is 0 Å². The normalized spacial score (nSPS) is 20.9. The minimum atomic E-state index is -0.887. The quantitative estimate of drug-likeness (QED) is 0.741. The van der Waals surface area contributed by atoms with E-state index < -0.39 is 17.8 Å². The third kappa shape index (κ3) is 3.79. The third-order valence-electron chi connectivity index (χ3n) is 5.23. The van der Waals surface area contributed by atoms with Crippen molar-refractivity contribution in [1.29, 1.82) is 0 Å². The lowest BCUT2D eigenvalue weighted by Gasteiger charge is -2.22. The molecule has 3 N–H and O–H groups in total. The molecule has 1 aromatic heterocycles. The molecule has 1 heterocycles. The minimum absolute atomic E-state index is 0.206. The van der Waals surface area contributed by atoms with Gasteiger partial charge in [-0.2, -0.15) is 5.10 Å². The highest BCUT2D eigenvalue weighted by Crippen LogP contribution is 2.33. The number of amides is 1. The van der Waals surface area contributed by atoms with E-state index in [-0.39, 0.29) is 11.9 Å². The van der Waals surface area contributed by atoms with Crippen LogP contribution in [0.15, 0.2) is 36.5 Å². The number of carboxylic acids is 1. The number of carboxylic acid groups (broad SMARTS) is 1. The summed E-state index contributed by atoms with van der Waals surface area (Å²) in [4.78, 5) is 24.2. The van der Waals surface area contributed by atoms with Crippen molar-refractivity contribution in [1.82, 2.24) is 15.5 Å². The molecule has 0 spiro atoms. The lowest BCUT2D eigenvalue weighted by molar-refractivity contribution is -0.146. The van der Waals surface area contributed by atoms with E-state index in [2.05, 4.69) is 41.5 Å². The van der Waals surface area contributed by atoms with E-state index in [0.717, 1.165) is 17.7 Å². The molecule has 1 aliphatic carbocycles. The van der Waals surface area contributed by atoms with Crippen LogP contribution in [0.4, 0.5) is 0 Å². The van der Waals surface area contributed by atoms with Gasteiger partial charge in [0.1, 0.15) is 0 Å². The van der Waals surface area contributed by atoms with Gasteiger partial charge in [0.2, 0.25) is 5.91 Å². The van der Waals surface area contributed by atoms with Gasteiger partial charge in [-0.1, -0.05) is 44.5 Å². The number of carbonyl (C=O) groups is 2. The van der Waals surface area contributed by atoms with Crippen molar-refractivity contribution in [2.45, 2.75) is 45.1 Å². The molecule has 0 radical (unpaired) electrons. The van der Waals surface area contributed by atoms with Crippen LogP contribution in [0, 0.1) is 11.8 Å². The van der Waals surface area contributed by atoms with Gasteiger partial charge in [-0.25, -0.2) is 0 Å². The number of nitrogens with one attached hydrogen (secondary N) is 2. The lowest BCUT2D eigenvalue weighted by atomic mass is 9.93. The summed E-state index contributed by atoms with van der Waals surface area (Å²) in [6, 6.07) is 9.58. The Morgan fingerprint density at radius 3 is 2.35 bits per heavy atom. The first-order valence-corrected chi connectivity index (χ1v) is 9.09. The maximum atomic E-state index is 12.8. The number of rotatable bonds is 6. The Bertz CT molecular complexity index is 753. The summed E-state index contributed by atoms with van der Waals surface area (Å²) in [7, 11) is 0. The van der Waals surface area contributed by atoms with Crippen molar-refractivity contribution in [3.05, 3.63) is 53.3 Å². The summed E-state index contributed by atoms with van der Waals surface area (Å²) >= 11 is 0. The predicted octanol–water partition coefficient (Wildman–Crippen LogP) is 3.24. The fourth-order valence-corrected chi connectivity index (χ4v) is 3.66. The molecule has 1 saturated carbocycles. The first-order chi connectivity index (χ1) is 12.5. The molecule has 0 aliphatic heterocycles. The van der Waals surface area contributed by atoms with Gasteiger partial charge in [-0.05, 0) is 36.0 Å². The average Bonchev–Trinajstić information content (AvgIpc) is 3.31. The first kappa shape index (κ1) is 18.2. The molecule has 3 unspecified atom stereocenters. The van der Waals surface area contributed by atoms with Crippen LogP contribution in [0.25, 0.3) is 0 Å². The monoisotopic (exact) mass is 355 g/mol. The molecule has 2 aromatic rings. The maximum Gasteiger partial charge on any atom is 0.307 e. The number of nitrogens with zero attached hydrogens (tertiary/aromatic N) is 1. The van der Waals surface area contributed by atoms with E-state index in [1.165, 1.54) is 5.56 Å². The van der Waals surface area contributed by atoms with Crippen LogP contribution in [0.5, 0.6) is 0 Å². The molecule has 26 heavy (non-hydrogen) atoms. The van der Waals surface area contributed by atoms with Crippen molar-refractivity contribution in [3.63, 3.8) is 0 Å². The Morgan fingerprint density at radius 2 is 1.77 bits per heavy atom. The van der Waals surface area contributed by atoms with Crippen LogP contribution >= 0.6 is 0 Å². The van der Waals surface area contributed by atoms with E-state index in [4.69, 9.17) is 0 Å². The zero-order valence-corrected chi connectivity index (χ0v) is 15.1. The molecule has 6 nitrogen and oxygen atoms in total. The number of aromatic nitrogens is 2. The topological polar surface area (TPSA) is 95.1 Å². The van der Waals surface area contributed by atoms with Crippen LogP contribution in [0.2, 0.25) is 0 Å². The van der Waals surface area contributed by atoms with E-state index in [1.807, 2.05) is 18.2 Å². The van der Waals surface area contributed by atoms with Crippen LogP contribution < -0.4 is 5.32 Å². The molecule has 0 saturated heterocycles. The molecular formula is C20H25N3O3. The van der Waals surface area contributed by atoms with E-state index in [9.17, 15) is 14.7 Å². The van der Waals surface area contributed by atoms with Crippen LogP contribution in [-0.2, 0) is 9.59 Å². The molecule has 1 aromatic carbocycles. The summed E-state index contributed by atoms with van der Waals surface area (Å²) in [5.41, 5.74) is 2.95. The number of hydrogen-bond acceptors (Lipinski definition) is 3. The average molecular weight is 355 g/mol. The molecule has 1 fully saturated rings. The number of carbonyl (C=O) groups excluding carboxylic acids is 1. The second-order valence-electron chi connectivity index (χ2n) is 7.26. The summed E-state index contributed by atoms with van der Waals surface area (Å²) in [5, 5.41) is 19.3. The van der Waals surface area contributed by atoms with Crippen LogP contribution in [0.3, 0.4) is 0 Å². The fourth-order valence-electron chi connectivity index (χ4n) is 3.66. The Hall–Kier alpha value is -2.63. The summed E-state index contributed by atoms with van der Waals surface area (Å²) in [6.07, 6.45) is 3.59. The highest BCUT2D eigenvalue weighted by atomic mass is 16.4. The fraction of sp³-hybridized carbons (Fsp3) is 0.450. The van der Waals surface area contributed by atoms with Gasteiger partial charge in [-0.15, -0.1) is 0 Å². The van der Waals surface area contributed by atoms with E-state index in [0.29, 0.717) is 18.8 Å². The van der Waals surface area contributed by atoms with Gasteiger partial charge in [0, 0.05) is 6.20 Å². The standard InChI is InChI=1S/C20H25N3O3/c1-12(2)13-6-8-14(9-7-13)18(17-10-11-21-23-17)22-19(24)15-4-3-5-16(15)20(25)26/h6-12,15-16,18H,3-5H2,1-2H3,(H,21,23)(H,22,24)(H,25,26). The lowest BCUT2D eigenvalue weighted by Crippen LogP contribution is -2.38. The van der Waals surface area contributed by atoms with Crippen molar-refractivity contribution < 1.29 is 14.7 Å². The summed E-state index contributed by atoms with van der Waals surface area (Å²) in [5.74, 6) is -1.74. The van der Waals surface area contributed by atoms with E-state index in [1.54, 1.807) is 6.20 Å². The van der Waals surface area contributed by atoms with Gasteiger partial charge in [0.15, 0.2) is 0 Å². The highest BCUT2D eigenvalue weighted by molar-refractivity contribution is 5.85. The Kier molecular flexibility index (Phi) is 5.40. The van der Waals surface area contributed by atoms with Gasteiger partial charge in [0.25, 0.3) is 0 Å².